The zero-order valence-corrected chi connectivity index (χ0v) is 8.88. The molecule has 2 aromatic heterocycles. The van der Waals surface area contributed by atoms with Crippen molar-refractivity contribution >= 4 is 0 Å². The lowest BCUT2D eigenvalue weighted by atomic mass is 10.2. The molecule has 0 aliphatic rings. The van der Waals surface area contributed by atoms with Gasteiger partial charge in [-0.3, -0.25) is 14.5 Å². The number of aromatic nitrogens is 5. The first-order valence-electron chi connectivity index (χ1n) is 5.00. The molecule has 0 radical (unpaired) electrons. The van der Waals surface area contributed by atoms with Crippen molar-refractivity contribution in [1.82, 2.24) is 25.0 Å². The van der Waals surface area contributed by atoms with Crippen LogP contribution in [0.4, 0.5) is 0 Å². The van der Waals surface area contributed by atoms with E-state index in [2.05, 4.69) is 20.3 Å². The maximum atomic E-state index is 11.4. The summed E-state index contributed by atoms with van der Waals surface area (Å²) < 4.78 is 1.52. The third-order valence-electron chi connectivity index (χ3n) is 2.25. The molecular formula is C9H11N5O3. The van der Waals surface area contributed by atoms with Gasteiger partial charge in [0, 0.05) is 18.3 Å². The number of aryl methyl sites for hydroxylation is 2. The topological polar surface area (TPSA) is 117 Å². The van der Waals surface area contributed by atoms with Gasteiger partial charge in [-0.1, -0.05) is 5.21 Å². The number of H-pyrrole nitrogens is 2. The minimum atomic E-state index is -0.526. The van der Waals surface area contributed by atoms with Crippen LogP contribution in [0.2, 0.25) is 0 Å². The van der Waals surface area contributed by atoms with Gasteiger partial charge in [-0.2, -0.15) is 0 Å². The van der Waals surface area contributed by atoms with Gasteiger partial charge in [0.05, 0.1) is 12.8 Å². The van der Waals surface area contributed by atoms with Crippen LogP contribution in [0, 0.1) is 0 Å². The Hall–Kier alpha value is -2.22. The van der Waals surface area contributed by atoms with Crippen LogP contribution in [0.25, 0.3) is 0 Å². The molecule has 0 unspecified atom stereocenters. The predicted molar refractivity (Wildman–Crippen MR) is 57.3 cm³/mol. The van der Waals surface area contributed by atoms with Crippen molar-refractivity contribution < 1.29 is 5.11 Å². The molecule has 0 saturated heterocycles. The molecular weight excluding hydrogens is 226 g/mol. The summed E-state index contributed by atoms with van der Waals surface area (Å²) in [5.74, 6) is 0. The average Bonchev–Trinajstić information content (AvgIpc) is 2.76. The molecule has 0 spiro atoms. The molecule has 8 heteroatoms. The standard InChI is InChI=1S/C9H11N5O3/c15-5-7-4-14(13-12-7)2-1-6-3-10-9(17)11-8(6)16/h3-4,15H,1-2,5H2,(H2,10,11,16,17). The summed E-state index contributed by atoms with van der Waals surface area (Å²) in [5.41, 5.74) is 0.00402. The number of aliphatic hydroxyl groups is 1. The highest BCUT2D eigenvalue weighted by molar-refractivity contribution is 5.03. The molecule has 0 amide bonds. The van der Waals surface area contributed by atoms with Crippen LogP contribution in [-0.2, 0) is 19.6 Å². The lowest BCUT2D eigenvalue weighted by molar-refractivity contribution is 0.276. The summed E-state index contributed by atoms with van der Waals surface area (Å²) in [4.78, 5) is 26.7. The normalized spacial score (nSPS) is 10.6. The molecule has 0 fully saturated rings. The number of aliphatic hydroxyl groups excluding tert-OH is 1. The second-order valence-corrected chi connectivity index (χ2v) is 3.48. The highest BCUT2D eigenvalue weighted by atomic mass is 16.3. The van der Waals surface area contributed by atoms with E-state index in [1.165, 1.54) is 10.9 Å². The molecule has 17 heavy (non-hydrogen) atoms. The van der Waals surface area contributed by atoms with Crippen LogP contribution < -0.4 is 11.2 Å². The van der Waals surface area contributed by atoms with Crippen molar-refractivity contribution in [3.8, 4) is 0 Å². The monoisotopic (exact) mass is 237 g/mol. The summed E-state index contributed by atoms with van der Waals surface area (Å²) >= 11 is 0. The third kappa shape index (κ3) is 2.67. The van der Waals surface area contributed by atoms with Crippen LogP contribution in [0.5, 0.6) is 0 Å². The van der Waals surface area contributed by atoms with E-state index in [1.807, 2.05) is 0 Å². The summed E-state index contributed by atoms with van der Waals surface area (Å²) in [6.07, 6.45) is 3.39. The maximum absolute atomic E-state index is 11.4. The second-order valence-electron chi connectivity index (χ2n) is 3.48. The zero-order chi connectivity index (χ0) is 12.3. The first kappa shape index (κ1) is 11.3. The fraction of sp³-hybridized carbons (Fsp3) is 0.333. The lowest BCUT2D eigenvalue weighted by Gasteiger charge is -1.99. The highest BCUT2D eigenvalue weighted by Crippen LogP contribution is 1.95. The average molecular weight is 237 g/mol. The Balaban J connectivity index is 2.07. The molecule has 0 atom stereocenters. The third-order valence-corrected chi connectivity index (χ3v) is 2.25. The van der Waals surface area contributed by atoms with E-state index in [-0.39, 0.29) is 6.61 Å². The quantitative estimate of drug-likeness (QED) is 0.591. The molecule has 0 aliphatic carbocycles. The Labute approximate surface area is 94.9 Å². The fourth-order valence-corrected chi connectivity index (χ4v) is 1.38. The van der Waals surface area contributed by atoms with Crippen LogP contribution >= 0.6 is 0 Å². The van der Waals surface area contributed by atoms with Crippen molar-refractivity contribution in [3.63, 3.8) is 0 Å². The molecule has 90 valence electrons. The van der Waals surface area contributed by atoms with Crippen molar-refractivity contribution in [2.24, 2.45) is 0 Å². The molecule has 0 saturated carbocycles. The van der Waals surface area contributed by atoms with E-state index in [1.54, 1.807) is 6.20 Å². The van der Waals surface area contributed by atoms with Gasteiger partial charge < -0.3 is 10.1 Å². The number of rotatable bonds is 4. The molecule has 0 bridgehead atoms. The highest BCUT2D eigenvalue weighted by Gasteiger charge is 2.03. The Morgan fingerprint density at radius 2 is 2.24 bits per heavy atom. The molecule has 8 nitrogen and oxygen atoms in total. The number of nitrogens with zero attached hydrogens (tertiary/aromatic N) is 3. The Morgan fingerprint density at radius 1 is 1.41 bits per heavy atom. The van der Waals surface area contributed by atoms with Crippen LogP contribution in [-0.4, -0.2) is 30.1 Å². The van der Waals surface area contributed by atoms with Crippen LogP contribution in [0.1, 0.15) is 11.3 Å². The van der Waals surface area contributed by atoms with Crippen molar-refractivity contribution in [3.05, 3.63) is 44.5 Å². The van der Waals surface area contributed by atoms with Gasteiger partial charge in [-0.15, -0.1) is 5.10 Å². The van der Waals surface area contributed by atoms with Gasteiger partial charge in [0.1, 0.15) is 5.69 Å². The van der Waals surface area contributed by atoms with Crippen molar-refractivity contribution in [1.29, 1.82) is 0 Å². The minimum Gasteiger partial charge on any atom is -0.390 e. The Morgan fingerprint density at radius 3 is 2.88 bits per heavy atom. The van der Waals surface area contributed by atoms with Crippen LogP contribution in [0.3, 0.4) is 0 Å². The van der Waals surface area contributed by atoms with Crippen molar-refractivity contribution in [2.75, 3.05) is 0 Å². The fourth-order valence-electron chi connectivity index (χ4n) is 1.38. The molecule has 3 N–H and O–H groups in total. The van der Waals surface area contributed by atoms with Gasteiger partial charge in [0.15, 0.2) is 0 Å². The molecule has 0 aromatic carbocycles. The Kier molecular flexibility index (Phi) is 3.15. The van der Waals surface area contributed by atoms with Crippen LogP contribution in [0.15, 0.2) is 22.0 Å². The predicted octanol–water partition coefficient (Wildman–Crippen LogP) is -1.61. The first-order chi connectivity index (χ1) is 8.19. The number of hydrogen-bond acceptors (Lipinski definition) is 5. The van der Waals surface area contributed by atoms with E-state index in [0.717, 1.165) is 0 Å². The maximum Gasteiger partial charge on any atom is 0.325 e. The second kappa shape index (κ2) is 4.74. The Bertz CT molecular complexity index is 611. The zero-order valence-electron chi connectivity index (χ0n) is 8.88. The smallest absolute Gasteiger partial charge is 0.325 e. The van der Waals surface area contributed by atoms with E-state index >= 15 is 0 Å². The van der Waals surface area contributed by atoms with Gasteiger partial charge >= 0.3 is 5.69 Å². The van der Waals surface area contributed by atoms with E-state index < -0.39 is 11.2 Å². The SMILES string of the molecule is O=c1[nH]cc(CCn2cc(CO)nn2)c(=O)[nH]1. The molecule has 0 aliphatic heterocycles. The van der Waals surface area contributed by atoms with Gasteiger partial charge in [-0.25, -0.2) is 4.79 Å². The van der Waals surface area contributed by atoms with Gasteiger partial charge in [0.25, 0.3) is 5.56 Å². The van der Waals surface area contributed by atoms with Gasteiger partial charge in [-0.05, 0) is 6.42 Å². The largest absolute Gasteiger partial charge is 0.390 e. The molecule has 2 rings (SSSR count). The molecule has 2 aromatic rings. The summed E-state index contributed by atoms with van der Waals surface area (Å²) in [6.45, 7) is 0.279. The van der Waals surface area contributed by atoms with Crippen molar-refractivity contribution in [2.45, 2.75) is 19.6 Å². The number of nitrogens with one attached hydrogen (secondary N) is 2. The number of aromatic amines is 2. The summed E-state index contributed by atoms with van der Waals surface area (Å²) in [6, 6.07) is 0. The van der Waals surface area contributed by atoms with Gasteiger partial charge in [0.2, 0.25) is 0 Å². The molecule has 2 heterocycles. The minimum absolute atomic E-state index is 0.167. The van der Waals surface area contributed by atoms with E-state index in [9.17, 15) is 9.59 Å². The summed E-state index contributed by atoms with van der Waals surface area (Å²) in [5, 5.41) is 16.3. The van der Waals surface area contributed by atoms with E-state index in [4.69, 9.17) is 5.11 Å². The number of hydrogen-bond donors (Lipinski definition) is 3. The lowest BCUT2D eigenvalue weighted by Crippen LogP contribution is -2.25. The first-order valence-corrected chi connectivity index (χ1v) is 5.00. The van der Waals surface area contributed by atoms with E-state index in [0.29, 0.717) is 24.2 Å². The summed E-state index contributed by atoms with van der Waals surface area (Å²) in [7, 11) is 0.